The van der Waals surface area contributed by atoms with E-state index in [0.717, 1.165) is 38.5 Å². The van der Waals surface area contributed by atoms with Gasteiger partial charge < -0.3 is 13.9 Å². The van der Waals surface area contributed by atoms with Gasteiger partial charge in [-0.15, -0.1) is 0 Å². The Kier molecular flexibility index (Phi) is 6.53. The van der Waals surface area contributed by atoms with Crippen LogP contribution in [0.4, 0.5) is 0 Å². The fraction of sp³-hybridized carbons (Fsp3) is 0.400. The van der Waals surface area contributed by atoms with Crippen molar-refractivity contribution in [1.82, 2.24) is 0 Å². The minimum absolute atomic E-state index is 0. The normalized spacial score (nSPS) is 16.0. The van der Waals surface area contributed by atoms with Crippen LogP contribution < -0.4 is 43.5 Å². The second kappa shape index (κ2) is 8.50. The molecule has 0 amide bonds. The maximum Gasteiger partial charge on any atom is 1.00 e. The molecule has 0 saturated carbocycles. The summed E-state index contributed by atoms with van der Waals surface area (Å²) in [5.74, 6) is 0.661. The first kappa shape index (κ1) is 20.0. The summed E-state index contributed by atoms with van der Waals surface area (Å²) in [5, 5.41) is 0. The van der Waals surface area contributed by atoms with Crippen molar-refractivity contribution < 1.29 is 48.1 Å². The van der Waals surface area contributed by atoms with Gasteiger partial charge in [-0.25, -0.2) is 4.57 Å². The number of rotatable bonds is 4. The zero-order valence-corrected chi connectivity index (χ0v) is 18.1. The molecular formula is C20H22NaO4P. The topological polar surface area (TPSA) is 58.6 Å². The predicted octanol–water partition coefficient (Wildman–Crippen LogP) is 1.37. The summed E-state index contributed by atoms with van der Waals surface area (Å²) in [6, 6.07) is 11.0. The van der Waals surface area contributed by atoms with Crippen LogP contribution in [-0.4, -0.2) is 0 Å². The zero-order valence-electron chi connectivity index (χ0n) is 15.2. The van der Waals surface area contributed by atoms with Crippen LogP contribution in [0.2, 0.25) is 0 Å². The van der Waals surface area contributed by atoms with E-state index >= 15 is 0 Å². The average Bonchev–Trinajstić information content (AvgIpc) is 2.61. The molecule has 2 aromatic rings. The summed E-state index contributed by atoms with van der Waals surface area (Å²) in [4.78, 5) is 12.3. The van der Waals surface area contributed by atoms with E-state index in [-0.39, 0.29) is 29.6 Å². The molecule has 4 nitrogen and oxygen atoms in total. The van der Waals surface area contributed by atoms with Gasteiger partial charge in [-0.05, 0) is 97.9 Å². The van der Waals surface area contributed by atoms with Crippen molar-refractivity contribution in [3.63, 3.8) is 0 Å². The van der Waals surface area contributed by atoms with Crippen LogP contribution in [0.25, 0.3) is 0 Å². The summed E-state index contributed by atoms with van der Waals surface area (Å²) in [6.07, 6.45) is 8.70. The summed E-state index contributed by atoms with van der Waals surface area (Å²) in [7, 11) is -4.46. The van der Waals surface area contributed by atoms with Gasteiger partial charge in [-0.2, -0.15) is 0 Å². The van der Waals surface area contributed by atoms with E-state index in [9.17, 15) is 9.46 Å². The Morgan fingerprint density at radius 3 is 1.50 bits per heavy atom. The minimum Gasteiger partial charge on any atom is -0.736 e. The Bertz CT molecular complexity index is 771. The molecule has 2 aliphatic rings. The second-order valence-corrected chi connectivity index (χ2v) is 8.16. The van der Waals surface area contributed by atoms with Gasteiger partial charge in [0.15, 0.2) is 0 Å². The largest absolute Gasteiger partial charge is 1.00 e. The Morgan fingerprint density at radius 1 is 0.692 bits per heavy atom. The van der Waals surface area contributed by atoms with Crippen molar-refractivity contribution in [3.05, 3.63) is 58.7 Å². The van der Waals surface area contributed by atoms with E-state index in [0.29, 0.717) is 11.5 Å². The Balaban J connectivity index is 0.00000196. The molecule has 0 unspecified atom stereocenters. The fourth-order valence-corrected chi connectivity index (χ4v) is 4.59. The molecule has 2 aromatic carbocycles. The molecule has 0 heterocycles. The maximum atomic E-state index is 12.3. The third-order valence-electron chi connectivity index (χ3n) is 5.07. The van der Waals surface area contributed by atoms with Gasteiger partial charge in [0.05, 0.1) is 0 Å². The fourth-order valence-electron chi connectivity index (χ4n) is 3.81. The van der Waals surface area contributed by atoms with Crippen LogP contribution in [0.1, 0.15) is 47.9 Å². The van der Waals surface area contributed by atoms with Crippen molar-refractivity contribution >= 4 is 7.82 Å². The minimum atomic E-state index is -4.46. The van der Waals surface area contributed by atoms with E-state index < -0.39 is 7.82 Å². The molecule has 0 fully saturated rings. The van der Waals surface area contributed by atoms with Crippen molar-refractivity contribution in [1.29, 1.82) is 0 Å². The molecule has 6 heteroatoms. The number of benzene rings is 2. The molecule has 0 aliphatic heterocycles. The van der Waals surface area contributed by atoms with E-state index in [4.69, 9.17) is 9.05 Å². The quantitative estimate of drug-likeness (QED) is 0.594. The SMILES string of the molecule is O=P([O-])(Oc1ccc2c(c1)CCCC2)Oc1ccc2c(c1)CCCC2.[Na+]. The summed E-state index contributed by atoms with van der Waals surface area (Å²) >= 11 is 0. The summed E-state index contributed by atoms with van der Waals surface area (Å²) in [6.45, 7) is 0. The number of phosphoric ester groups is 1. The van der Waals surface area contributed by atoms with E-state index in [2.05, 4.69) is 0 Å². The van der Waals surface area contributed by atoms with Crippen molar-refractivity contribution in [2.24, 2.45) is 0 Å². The molecular weight excluding hydrogens is 358 g/mol. The first-order valence-electron chi connectivity index (χ1n) is 9.03. The van der Waals surface area contributed by atoms with Gasteiger partial charge in [-0.1, -0.05) is 12.1 Å². The van der Waals surface area contributed by atoms with Crippen molar-refractivity contribution in [2.75, 3.05) is 0 Å². The van der Waals surface area contributed by atoms with Crippen LogP contribution >= 0.6 is 7.82 Å². The molecule has 2 aliphatic carbocycles. The van der Waals surface area contributed by atoms with Gasteiger partial charge in [0.2, 0.25) is 0 Å². The molecule has 0 N–H and O–H groups in total. The standard InChI is InChI=1S/C20H23O4P.Na/c21-25(22,23-19-11-9-15-5-1-3-7-17(15)13-19)24-20-12-10-16-6-2-4-8-18(16)14-20;/h9-14H,1-8H2,(H,21,22);/q;+1/p-1. The van der Waals surface area contributed by atoms with Crippen LogP contribution in [0.3, 0.4) is 0 Å². The van der Waals surface area contributed by atoms with Crippen LogP contribution in [-0.2, 0) is 30.2 Å². The van der Waals surface area contributed by atoms with Crippen LogP contribution in [0.15, 0.2) is 36.4 Å². The number of fused-ring (bicyclic) bond motifs is 2. The zero-order chi connectivity index (χ0) is 17.3. The Labute approximate surface area is 176 Å². The third-order valence-corrected chi connectivity index (χ3v) is 5.94. The van der Waals surface area contributed by atoms with Crippen molar-refractivity contribution in [2.45, 2.75) is 51.4 Å². The molecule has 0 radical (unpaired) electrons. The van der Waals surface area contributed by atoms with Crippen molar-refractivity contribution in [3.8, 4) is 11.5 Å². The maximum absolute atomic E-state index is 12.3. The molecule has 4 rings (SSSR count). The Hall–Kier alpha value is -0.770. The average molecular weight is 380 g/mol. The van der Waals surface area contributed by atoms with Gasteiger partial charge in [0.1, 0.15) is 11.5 Å². The molecule has 132 valence electrons. The molecule has 0 aromatic heterocycles. The number of hydrogen-bond donors (Lipinski definition) is 0. The third kappa shape index (κ3) is 4.74. The Morgan fingerprint density at radius 2 is 1.08 bits per heavy atom. The first-order valence-corrected chi connectivity index (χ1v) is 10.5. The number of hydrogen-bond acceptors (Lipinski definition) is 4. The predicted molar refractivity (Wildman–Crippen MR) is 95.0 cm³/mol. The van der Waals surface area contributed by atoms with Gasteiger partial charge in [-0.3, -0.25) is 0 Å². The van der Waals surface area contributed by atoms with E-state index in [1.54, 1.807) is 12.1 Å². The summed E-state index contributed by atoms with van der Waals surface area (Å²) in [5.41, 5.74) is 4.93. The first-order chi connectivity index (χ1) is 12.1. The monoisotopic (exact) mass is 380 g/mol. The smallest absolute Gasteiger partial charge is 0.736 e. The molecule has 0 spiro atoms. The van der Waals surface area contributed by atoms with Crippen LogP contribution in [0.5, 0.6) is 11.5 Å². The molecule has 0 bridgehead atoms. The molecule has 0 atom stereocenters. The number of phosphoric acid groups is 1. The molecule has 0 saturated heterocycles. The second-order valence-electron chi connectivity index (χ2n) is 6.91. The van der Waals surface area contributed by atoms with Gasteiger partial charge >= 0.3 is 37.4 Å². The van der Waals surface area contributed by atoms with E-state index in [1.165, 1.54) is 35.1 Å². The van der Waals surface area contributed by atoms with Gasteiger partial charge in [0.25, 0.3) is 0 Å². The summed E-state index contributed by atoms with van der Waals surface area (Å²) < 4.78 is 22.7. The molecule has 26 heavy (non-hydrogen) atoms. The van der Waals surface area contributed by atoms with Crippen LogP contribution in [0, 0.1) is 0 Å². The van der Waals surface area contributed by atoms with Gasteiger partial charge in [0, 0.05) is 0 Å². The number of aryl methyl sites for hydroxylation is 4. The van der Waals surface area contributed by atoms with E-state index in [1.807, 2.05) is 24.3 Å².